The number of carboxylic acids is 1. The number of nitrogens with zero attached hydrogens (tertiary/aromatic N) is 4. The van der Waals surface area contributed by atoms with Gasteiger partial charge in [0.05, 0.1) is 16.6 Å². The van der Waals surface area contributed by atoms with Gasteiger partial charge in [0.1, 0.15) is 18.6 Å². The molecule has 4 aromatic rings. The number of aromatic carboxylic acids is 1. The molecule has 2 heterocycles. The van der Waals surface area contributed by atoms with E-state index in [4.69, 9.17) is 44.6 Å². The van der Waals surface area contributed by atoms with E-state index in [2.05, 4.69) is 4.98 Å². The minimum atomic E-state index is -0.889. The first-order valence-corrected chi connectivity index (χ1v) is 13.9. The van der Waals surface area contributed by atoms with Crippen LogP contribution in [0, 0.1) is 0 Å². The van der Waals surface area contributed by atoms with Gasteiger partial charge in [-0.3, -0.25) is 4.57 Å². The number of halogens is 3. The number of carboxylic acid groups (broad SMARTS) is 1. The summed E-state index contributed by atoms with van der Waals surface area (Å²) in [5, 5.41) is 11.0. The van der Waals surface area contributed by atoms with E-state index in [1.807, 2.05) is 31.4 Å². The fraction of sp³-hybridized carbons (Fsp3) is 0.269. The maximum Gasteiger partial charge on any atom is 0.352 e. The largest absolute Gasteiger partial charge is 0.489 e. The Morgan fingerprint density at radius 1 is 1.11 bits per heavy atom. The van der Waals surface area contributed by atoms with Crippen LogP contribution in [-0.2, 0) is 7.05 Å². The number of aryl methyl sites for hydroxylation is 1. The number of hydrogen-bond donors (Lipinski definition) is 1. The van der Waals surface area contributed by atoms with Crippen molar-refractivity contribution < 1.29 is 19.4 Å². The number of hydrogen-bond acceptors (Lipinski definition) is 5. The molecule has 12 heteroatoms. The second-order valence-electron chi connectivity index (χ2n) is 8.11. The van der Waals surface area contributed by atoms with Crippen LogP contribution in [0.1, 0.15) is 23.8 Å². The van der Waals surface area contributed by atoms with Gasteiger partial charge >= 0.3 is 12.0 Å². The summed E-state index contributed by atoms with van der Waals surface area (Å²) in [4.78, 5) is 30.0. The van der Waals surface area contributed by atoms with Gasteiger partial charge in [-0.25, -0.2) is 14.6 Å². The molecule has 0 saturated carbocycles. The van der Waals surface area contributed by atoms with Crippen molar-refractivity contribution in [1.29, 1.82) is 0 Å². The molecule has 1 amide bonds. The van der Waals surface area contributed by atoms with Crippen LogP contribution in [0.2, 0.25) is 15.1 Å². The fourth-order valence-electron chi connectivity index (χ4n) is 3.68. The van der Waals surface area contributed by atoms with Gasteiger partial charge in [-0.1, -0.05) is 47.8 Å². The van der Waals surface area contributed by atoms with Gasteiger partial charge < -0.3 is 19.3 Å². The third kappa shape index (κ3) is 7.38. The molecule has 0 atom stereocenters. The zero-order valence-corrected chi connectivity index (χ0v) is 24.1. The fourth-order valence-corrected chi connectivity index (χ4v) is 5.04. The lowest BCUT2D eigenvalue weighted by Crippen LogP contribution is -2.37. The summed E-state index contributed by atoms with van der Waals surface area (Å²) >= 11 is 19.6. The van der Waals surface area contributed by atoms with E-state index in [9.17, 15) is 9.59 Å². The van der Waals surface area contributed by atoms with Crippen molar-refractivity contribution in [2.75, 3.05) is 26.0 Å². The Morgan fingerprint density at radius 3 is 2.39 bits per heavy atom. The maximum atomic E-state index is 12.3. The Labute approximate surface area is 240 Å². The Kier molecular flexibility index (Phi) is 10.8. The number of rotatable bonds is 8. The molecule has 0 aliphatic heterocycles. The minimum Gasteiger partial charge on any atom is -0.489 e. The Morgan fingerprint density at radius 2 is 1.82 bits per heavy atom. The number of carbonyl (C=O) groups excluding carboxylic acids is 1. The molecule has 4 rings (SSSR count). The summed E-state index contributed by atoms with van der Waals surface area (Å²) in [6, 6.07) is 10.6. The van der Waals surface area contributed by atoms with Crippen molar-refractivity contribution in [3.05, 3.63) is 75.9 Å². The average Bonchev–Trinajstić information content (AvgIpc) is 3.53. The average molecular weight is 598 g/mol. The lowest BCUT2D eigenvalue weighted by Gasteiger charge is -2.22. The molecule has 0 aliphatic carbocycles. The van der Waals surface area contributed by atoms with Gasteiger partial charge in [0.25, 0.3) is 0 Å². The first-order chi connectivity index (χ1) is 18.2. The number of imidazole rings is 1. The van der Waals surface area contributed by atoms with Crippen LogP contribution in [-0.4, -0.2) is 62.1 Å². The van der Waals surface area contributed by atoms with Crippen LogP contribution in [0.4, 0.5) is 4.79 Å². The molecule has 0 bridgehead atoms. The molecule has 1 N–H and O–H groups in total. The van der Waals surface area contributed by atoms with Crippen LogP contribution in [0.5, 0.6) is 5.75 Å². The van der Waals surface area contributed by atoms with Crippen molar-refractivity contribution in [3.63, 3.8) is 0 Å². The Hall–Kier alpha value is -2.85. The number of benzene rings is 2. The highest BCUT2D eigenvalue weighted by Gasteiger charge is 2.16. The van der Waals surface area contributed by atoms with Crippen LogP contribution >= 0.6 is 46.6 Å². The molecule has 2 aromatic carbocycles. The molecular formula is C26H27Cl3N4O4S. The van der Waals surface area contributed by atoms with Gasteiger partial charge in [0.2, 0.25) is 0 Å². The molecule has 8 nitrogen and oxygen atoms in total. The minimum absolute atomic E-state index is 0.152. The van der Waals surface area contributed by atoms with E-state index in [-0.39, 0.29) is 12.6 Å². The Balaban J connectivity index is 0.000000230. The number of thioether (sulfide) groups is 1. The van der Waals surface area contributed by atoms with E-state index >= 15 is 0 Å². The standard InChI is InChI=1S/C15H16Cl3N3O2.C11H11NO2S/c1-2-4-20(15(22)21-5-3-19-10-21)6-7-23-14-12(17)8-11(16)9-13(14)18;1-12-9-6-8(15-2)4-3-7(9)5-10(12)11(13)14/h3,5,8-10H,2,4,6-7H2,1H3;3-6H,1-2H3,(H,13,14). The normalized spacial score (nSPS) is 10.7. The summed E-state index contributed by atoms with van der Waals surface area (Å²) in [6.45, 7) is 3.28. The summed E-state index contributed by atoms with van der Waals surface area (Å²) in [5.74, 6) is -0.524. The Bertz CT molecular complexity index is 1390. The van der Waals surface area contributed by atoms with E-state index in [1.165, 1.54) is 10.9 Å². The van der Waals surface area contributed by atoms with Crippen molar-refractivity contribution in [2.24, 2.45) is 7.05 Å². The van der Waals surface area contributed by atoms with Gasteiger partial charge in [0, 0.05) is 46.8 Å². The molecule has 202 valence electrons. The number of amides is 1. The SMILES string of the molecule is CCCN(CCOc1c(Cl)cc(Cl)cc1Cl)C(=O)n1ccnc1.CSc1ccc2cc(C(=O)O)n(C)c2c1. The summed E-state index contributed by atoms with van der Waals surface area (Å²) in [5.41, 5.74) is 1.28. The predicted molar refractivity (Wildman–Crippen MR) is 154 cm³/mol. The van der Waals surface area contributed by atoms with Gasteiger partial charge in [-0.15, -0.1) is 11.8 Å². The molecule has 38 heavy (non-hydrogen) atoms. The second-order valence-corrected chi connectivity index (χ2v) is 10.2. The van der Waals surface area contributed by atoms with E-state index in [0.717, 1.165) is 22.2 Å². The second kappa shape index (κ2) is 13.8. The molecule has 0 unspecified atom stereocenters. The first-order valence-electron chi connectivity index (χ1n) is 11.6. The van der Waals surface area contributed by atoms with Gasteiger partial charge in [0.15, 0.2) is 5.75 Å². The van der Waals surface area contributed by atoms with Gasteiger partial charge in [-0.05, 0) is 43.0 Å². The van der Waals surface area contributed by atoms with Crippen LogP contribution in [0.3, 0.4) is 0 Å². The van der Waals surface area contributed by atoms with Crippen molar-refractivity contribution in [2.45, 2.75) is 18.2 Å². The lowest BCUT2D eigenvalue weighted by atomic mass is 10.2. The van der Waals surface area contributed by atoms with Crippen LogP contribution in [0.25, 0.3) is 10.9 Å². The number of carbonyl (C=O) groups is 2. The third-order valence-corrected chi connectivity index (χ3v) is 7.04. The highest BCUT2D eigenvalue weighted by Crippen LogP contribution is 2.35. The zero-order valence-electron chi connectivity index (χ0n) is 21.0. The number of aromatic nitrogens is 3. The van der Waals surface area contributed by atoms with Crippen molar-refractivity contribution in [3.8, 4) is 5.75 Å². The highest BCUT2D eigenvalue weighted by molar-refractivity contribution is 7.98. The molecule has 0 fully saturated rings. The van der Waals surface area contributed by atoms with Crippen molar-refractivity contribution in [1.82, 2.24) is 19.0 Å². The predicted octanol–water partition coefficient (Wildman–Crippen LogP) is 7.20. The molecule has 0 spiro atoms. The van der Waals surface area contributed by atoms with Crippen LogP contribution in [0.15, 0.2) is 60.0 Å². The van der Waals surface area contributed by atoms with E-state index in [0.29, 0.717) is 39.6 Å². The highest BCUT2D eigenvalue weighted by atomic mass is 35.5. The first kappa shape index (κ1) is 29.7. The molecule has 0 aliphatic rings. The summed E-state index contributed by atoms with van der Waals surface area (Å²) in [7, 11) is 1.77. The maximum absolute atomic E-state index is 12.3. The molecular weight excluding hydrogens is 571 g/mol. The molecule has 0 saturated heterocycles. The smallest absolute Gasteiger partial charge is 0.352 e. The quantitative estimate of drug-likeness (QED) is 0.216. The summed E-state index contributed by atoms with van der Waals surface area (Å²) in [6.07, 6.45) is 7.48. The summed E-state index contributed by atoms with van der Waals surface area (Å²) < 4.78 is 8.76. The van der Waals surface area contributed by atoms with Crippen LogP contribution < -0.4 is 4.74 Å². The molecule has 0 radical (unpaired) electrons. The van der Waals surface area contributed by atoms with E-state index < -0.39 is 5.97 Å². The van der Waals surface area contributed by atoms with Crippen molar-refractivity contribution >= 4 is 69.5 Å². The van der Waals surface area contributed by atoms with E-state index in [1.54, 1.807) is 58.9 Å². The zero-order chi connectivity index (χ0) is 27.8. The monoisotopic (exact) mass is 596 g/mol. The van der Waals surface area contributed by atoms with Gasteiger partial charge in [-0.2, -0.15) is 0 Å². The lowest BCUT2D eigenvalue weighted by molar-refractivity contribution is 0.0687. The third-order valence-electron chi connectivity index (χ3n) is 5.53. The topological polar surface area (TPSA) is 89.6 Å². The number of ether oxygens (including phenoxy) is 1. The number of fused-ring (bicyclic) bond motifs is 1. The molecule has 2 aromatic heterocycles.